The third-order valence-electron chi connectivity index (χ3n) is 3.44. The molecule has 1 aromatic heterocycles. The van der Waals surface area contributed by atoms with Gasteiger partial charge in [0.05, 0.1) is 11.3 Å². The van der Waals surface area contributed by atoms with Gasteiger partial charge >= 0.3 is 0 Å². The molecule has 4 nitrogen and oxygen atoms in total. The molecule has 0 atom stereocenters. The summed E-state index contributed by atoms with van der Waals surface area (Å²) in [5.41, 5.74) is 3.11. The second-order valence-corrected chi connectivity index (χ2v) is 4.88. The summed E-state index contributed by atoms with van der Waals surface area (Å²) in [6.07, 6.45) is 2.36. The fourth-order valence-electron chi connectivity index (χ4n) is 2.41. The van der Waals surface area contributed by atoms with Crippen LogP contribution in [0.3, 0.4) is 0 Å². The smallest absolute Gasteiger partial charge is 0.299 e. The van der Waals surface area contributed by atoms with Crippen molar-refractivity contribution in [2.45, 2.75) is 13.3 Å². The van der Waals surface area contributed by atoms with Gasteiger partial charge in [-0.25, -0.2) is 0 Å². The molecule has 0 N–H and O–H groups in total. The average molecular weight is 266 g/mol. The van der Waals surface area contributed by atoms with Crippen LogP contribution in [0.15, 0.2) is 42.6 Å². The number of nitrogens with zero attached hydrogens (tertiary/aromatic N) is 2. The van der Waals surface area contributed by atoms with Crippen molar-refractivity contribution >= 4 is 17.4 Å². The fraction of sp³-hybridized carbons (Fsp3) is 0.188. The second-order valence-electron chi connectivity index (χ2n) is 4.88. The van der Waals surface area contributed by atoms with Gasteiger partial charge in [0.1, 0.15) is 0 Å². The summed E-state index contributed by atoms with van der Waals surface area (Å²) in [4.78, 5) is 29.8. The van der Waals surface area contributed by atoms with Crippen LogP contribution in [0.5, 0.6) is 0 Å². The standard InChI is InChI=1S/C16H14N2O2/c1-11-5-6-14-13(10-11)15(19)16(20)18(14)9-7-12-4-2-3-8-17-12/h2-6,8,10H,7,9H2,1H3. The molecule has 0 fully saturated rings. The maximum atomic E-state index is 12.1. The summed E-state index contributed by atoms with van der Waals surface area (Å²) in [6.45, 7) is 2.38. The van der Waals surface area contributed by atoms with Gasteiger partial charge in [0.15, 0.2) is 0 Å². The van der Waals surface area contributed by atoms with Crippen molar-refractivity contribution in [3.8, 4) is 0 Å². The Morgan fingerprint density at radius 1 is 1.15 bits per heavy atom. The maximum Gasteiger partial charge on any atom is 0.299 e. The van der Waals surface area contributed by atoms with Gasteiger partial charge in [-0.15, -0.1) is 0 Å². The molecule has 2 aromatic rings. The minimum Gasteiger partial charge on any atom is -0.304 e. The van der Waals surface area contributed by atoms with Crippen molar-refractivity contribution in [3.05, 3.63) is 59.4 Å². The summed E-state index contributed by atoms with van der Waals surface area (Å²) < 4.78 is 0. The van der Waals surface area contributed by atoms with Gasteiger partial charge in [-0.2, -0.15) is 0 Å². The minimum absolute atomic E-state index is 0.412. The minimum atomic E-state index is -0.443. The number of hydrogen-bond donors (Lipinski definition) is 0. The van der Waals surface area contributed by atoms with Gasteiger partial charge < -0.3 is 4.90 Å². The number of fused-ring (bicyclic) bond motifs is 1. The van der Waals surface area contributed by atoms with Crippen LogP contribution in [0.1, 0.15) is 21.6 Å². The van der Waals surface area contributed by atoms with Crippen LogP contribution in [0.25, 0.3) is 0 Å². The summed E-state index contributed by atoms with van der Waals surface area (Å²) >= 11 is 0. The Bertz CT molecular complexity index is 680. The third kappa shape index (κ3) is 2.09. The first-order valence-electron chi connectivity index (χ1n) is 6.53. The third-order valence-corrected chi connectivity index (χ3v) is 3.44. The molecule has 4 heteroatoms. The van der Waals surface area contributed by atoms with Gasteiger partial charge in [0.25, 0.3) is 11.7 Å². The number of aromatic nitrogens is 1. The van der Waals surface area contributed by atoms with Crippen LogP contribution in [-0.2, 0) is 11.2 Å². The lowest BCUT2D eigenvalue weighted by Crippen LogP contribution is -2.31. The number of aryl methyl sites for hydroxylation is 1. The Morgan fingerprint density at radius 3 is 2.75 bits per heavy atom. The zero-order chi connectivity index (χ0) is 14.1. The van der Waals surface area contributed by atoms with E-state index in [4.69, 9.17) is 0 Å². The van der Waals surface area contributed by atoms with E-state index in [-0.39, 0.29) is 0 Å². The van der Waals surface area contributed by atoms with Gasteiger partial charge in [0, 0.05) is 24.9 Å². The molecule has 0 bridgehead atoms. The van der Waals surface area contributed by atoms with E-state index in [1.54, 1.807) is 17.2 Å². The molecule has 1 amide bonds. The second kappa shape index (κ2) is 4.89. The van der Waals surface area contributed by atoms with Gasteiger partial charge in [-0.3, -0.25) is 14.6 Å². The summed E-state index contributed by atoms with van der Waals surface area (Å²) in [5.74, 6) is -0.855. The molecular formula is C16H14N2O2. The number of ketones is 1. The van der Waals surface area contributed by atoms with Gasteiger partial charge in [-0.05, 0) is 31.2 Å². The molecule has 3 rings (SSSR count). The number of carbonyl (C=O) groups is 2. The zero-order valence-electron chi connectivity index (χ0n) is 11.2. The van der Waals surface area contributed by atoms with E-state index >= 15 is 0 Å². The lowest BCUT2D eigenvalue weighted by atomic mass is 10.1. The number of hydrogen-bond acceptors (Lipinski definition) is 3. The fourth-order valence-corrected chi connectivity index (χ4v) is 2.41. The molecule has 0 radical (unpaired) electrons. The first-order chi connectivity index (χ1) is 9.66. The molecule has 0 unspecified atom stereocenters. The number of carbonyl (C=O) groups excluding carboxylic acids is 2. The van der Waals surface area contributed by atoms with E-state index in [0.717, 1.165) is 11.3 Å². The number of benzene rings is 1. The molecular weight excluding hydrogens is 252 g/mol. The molecule has 0 saturated heterocycles. The zero-order valence-corrected chi connectivity index (χ0v) is 11.2. The van der Waals surface area contributed by atoms with Gasteiger partial charge in [0.2, 0.25) is 0 Å². The van der Waals surface area contributed by atoms with Crippen LogP contribution in [0, 0.1) is 6.92 Å². The summed E-state index contributed by atoms with van der Waals surface area (Å²) in [7, 11) is 0. The number of anilines is 1. The van der Waals surface area contributed by atoms with E-state index in [9.17, 15) is 9.59 Å². The summed E-state index contributed by atoms with van der Waals surface area (Å²) in [6, 6.07) is 11.2. The molecule has 100 valence electrons. The van der Waals surface area contributed by atoms with E-state index in [0.29, 0.717) is 24.2 Å². The van der Waals surface area contributed by atoms with E-state index < -0.39 is 11.7 Å². The SMILES string of the molecule is Cc1ccc2c(c1)C(=O)C(=O)N2CCc1ccccn1. The Kier molecular flexibility index (Phi) is 3.06. The Labute approximate surface area is 117 Å². The van der Waals surface area contributed by atoms with Gasteiger partial charge in [-0.1, -0.05) is 17.7 Å². The topological polar surface area (TPSA) is 50.3 Å². The molecule has 1 aromatic carbocycles. The molecule has 0 spiro atoms. The molecule has 2 heterocycles. The van der Waals surface area contributed by atoms with Crippen LogP contribution in [0.4, 0.5) is 5.69 Å². The maximum absolute atomic E-state index is 12.1. The Morgan fingerprint density at radius 2 is 2.00 bits per heavy atom. The number of pyridine rings is 1. The highest BCUT2D eigenvalue weighted by Gasteiger charge is 2.35. The van der Waals surface area contributed by atoms with E-state index in [1.165, 1.54) is 0 Å². The number of rotatable bonds is 3. The van der Waals surface area contributed by atoms with E-state index in [1.807, 2.05) is 37.3 Å². The molecule has 1 aliphatic heterocycles. The van der Waals surface area contributed by atoms with Crippen LogP contribution in [0.2, 0.25) is 0 Å². The van der Waals surface area contributed by atoms with Crippen LogP contribution in [-0.4, -0.2) is 23.2 Å². The lowest BCUT2D eigenvalue weighted by Gasteiger charge is -2.16. The highest BCUT2D eigenvalue weighted by molar-refractivity contribution is 6.52. The normalized spacial score (nSPS) is 13.8. The first kappa shape index (κ1) is 12.5. The quantitative estimate of drug-likeness (QED) is 0.800. The van der Waals surface area contributed by atoms with Crippen molar-refractivity contribution < 1.29 is 9.59 Å². The van der Waals surface area contributed by atoms with Crippen molar-refractivity contribution in [1.82, 2.24) is 4.98 Å². The predicted octanol–water partition coefficient (Wildman–Crippen LogP) is 2.16. The lowest BCUT2D eigenvalue weighted by molar-refractivity contribution is -0.114. The highest BCUT2D eigenvalue weighted by atomic mass is 16.2. The average Bonchev–Trinajstić information content (AvgIpc) is 2.70. The molecule has 1 aliphatic rings. The molecule has 0 saturated carbocycles. The summed E-state index contributed by atoms with van der Waals surface area (Å²) in [5, 5.41) is 0. The number of Topliss-reactive ketones (excluding diaryl/α,β-unsaturated/α-hetero) is 1. The van der Waals surface area contributed by atoms with Crippen molar-refractivity contribution in [3.63, 3.8) is 0 Å². The largest absolute Gasteiger partial charge is 0.304 e. The predicted molar refractivity (Wildman–Crippen MR) is 75.8 cm³/mol. The Hall–Kier alpha value is -2.49. The molecule has 0 aliphatic carbocycles. The monoisotopic (exact) mass is 266 g/mol. The van der Waals surface area contributed by atoms with Crippen LogP contribution < -0.4 is 4.90 Å². The van der Waals surface area contributed by atoms with Crippen molar-refractivity contribution in [1.29, 1.82) is 0 Å². The van der Waals surface area contributed by atoms with E-state index in [2.05, 4.69) is 4.98 Å². The first-order valence-corrected chi connectivity index (χ1v) is 6.53. The van der Waals surface area contributed by atoms with Crippen molar-refractivity contribution in [2.75, 3.05) is 11.4 Å². The van der Waals surface area contributed by atoms with Crippen LogP contribution >= 0.6 is 0 Å². The van der Waals surface area contributed by atoms with Crippen molar-refractivity contribution in [2.24, 2.45) is 0 Å². The Balaban J connectivity index is 1.84. The highest BCUT2D eigenvalue weighted by Crippen LogP contribution is 2.29. The number of amides is 1. The molecule has 20 heavy (non-hydrogen) atoms.